The lowest BCUT2D eigenvalue weighted by atomic mass is 10.1. The maximum atomic E-state index is 11.9. The number of fused-ring (bicyclic) bond motifs is 1. The number of benzene rings is 1. The Morgan fingerprint density at radius 1 is 1.19 bits per heavy atom. The number of aromatic carboxylic acids is 1. The first-order valence-corrected chi connectivity index (χ1v) is 6.16. The number of amides is 1. The van der Waals surface area contributed by atoms with Crippen LogP contribution < -0.4 is 4.90 Å². The number of Topliss-reactive ketones (excluding diaryl/α,β-unsaturated/α-hetero) is 1. The van der Waals surface area contributed by atoms with E-state index in [9.17, 15) is 14.4 Å². The highest BCUT2D eigenvalue weighted by Crippen LogP contribution is 2.28. The molecule has 1 aromatic heterocycles. The molecule has 8 nitrogen and oxygen atoms in total. The molecule has 0 fully saturated rings. The molecule has 2 aromatic rings. The van der Waals surface area contributed by atoms with Crippen molar-refractivity contribution in [2.24, 2.45) is 0 Å². The van der Waals surface area contributed by atoms with Crippen LogP contribution in [0, 0.1) is 0 Å². The van der Waals surface area contributed by atoms with Crippen LogP contribution in [0.5, 0.6) is 0 Å². The van der Waals surface area contributed by atoms with Gasteiger partial charge in [0.15, 0.2) is 5.69 Å². The summed E-state index contributed by atoms with van der Waals surface area (Å²) in [7, 11) is 0. The summed E-state index contributed by atoms with van der Waals surface area (Å²) < 4.78 is 1.32. The van der Waals surface area contributed by atoms with Crippen LogP contribution in [0.3, 0.4) is 0 Å². The molecule has 1 amide bonds. The van der Waals surface area contributed by atoms with Crippen LogP contribution in [-0.4, -0.2) is 44.3 Å². The van der Waals surface area contributed by atoms with E-state index in [-0.39, 0.29) is 18.8 Å². The number of carboxylic acids is 1. The minimum Gasteiger partial charge on any atom is -0.476 e. The van der Waals surface area contributed by atoms with Gasteiger partial charge in [-0.2, -0.15) is 0 Å². The van der Waals surface area contributed by atoms with Gasteiger partial charge in [-0.15, -0.1) is 5.10 Å². The first-order chi connectivity index (χ1) is 10.1. The van der Waals surface area contributed by atoms with Crippen molar-refractivity contribution in [2.75, 3.05) is 11.4 Å². The molecule has 0 spiro atoms. The summed E-state index contributed by atoms with van der Waals surface area (Å²) in [6, 6.07) is 6.75. The molecule has 3 rings (SSSR count). The summed E-state index contributed by atoms with van der Waals surface area (Å²) in [5.41, 5.74) is 0.776. The first kappa shape index (κ1) is 13.0. The fourth-order valence-electron chi connectivity index (χ4n) is 2.18. The number of rotatable bonds is 4. The van der Waals surface area contributed by atoms with Gasteiger partial charge < -0.3 is 10.0 Å². The Balaban J connectivity index is 1.77. The quantitative estimate of drug-likeness (QED) is 0.805. The van der Waals surface area contributed by atoms with Crippen molar-refractivity contribution >= 4 is 23.3 Å². The predicted molar refractivity (Wildman–Crippen MR) is 70.1 cm³/mol. The molecule has 8 heteroatoms. The lowest BCUT2D eigenvalue weighted by molar-refractivity contribution is -0.114. The largest absolute Gasteiger partial charge is 0.476 e. The number of nitrogens with zero attached hydrogens (tertiary/aromatic N) is 4. The highest BCUT2D eigenvalue weighted by Gasteiger charge is 2.35. The smallest absolute Gasteiger partial charge is 0.358 e. The molecule has 106 valence electrons. The molecule has 21 heavy (non-hydrogen) atoms. The van der Waals surface area contributed by atoms with Gasteiger partial charge in [0.05, 0.1) is 24.0 Å². The monoisotopic (exact) mass is 286 g/mol. The molecule has 1 N–H and O–H groups in total. The second-order valence-electron chi connectivity index (χ2n) is 4.48. The van der Waals surface area contributed by atoms with Crippen molar-refractivity contribution in [1.82, 2.24) is 15.0 Å². The van der Waals surface area contributed by atoms with E-state index in [1.165, 1.54) is 15.8 Å². The topological polar surface area (TPSA) is 105 Å². The van der Waals surface area contributed by atoms with Gasteiger partial charge in [0.2, 0.25) is 0 Å². The van der Waals surface area contributed by atoms with Gasteiger partial charge >= 0.3 is 5.97 Å². The third-order valence-corrected chi connectivity index (χ3v) is 3.19. The predicted octanol–water partition coefficient (Wildman–Crippen LogP) is 0.206. The van der Waals surface area contributed by atoms with Crippen LogP contribution >= 0.6 is 0 Å². The van der Waals surface area contributed by atoms with Crippen LogP contribution in [0.15, 0.2) is 30.5 Å². The van der Waals surface area contributed by atoms with Crippen molar-refractivity contribution in [2.45, 2.75) is 6.54 Å². The third kappa shape index (κ3) is 2.16. The molecule has 1 aliphatic rings. The minimum absolute atomic E-state index is 0.167. The van der Waals surface area contributed by atoms with E-state index in [0.717, 1.165) is 0 Å². The first-order valence-electron chi connectivity index (χ1n) is 6.16. The summed E-state index contributed by atoms with van der Waals surface area (Å²) in [6.45, 7) is 0.456. The Hall–Kier alpha value is -3.03. The highest BCUT2D eigenvalue weighted by molar-refractivity contribution is 6.52. The number of ketones is 1. The molecule has 1 aliphatic heterocycles. The molecule has 0 saturated heterocycles. The lowest BCUT2D eigenvalue weighted by Gasteiger charge is -2.15. The summed E-state index contributed by atoms with van der Waals surface area (Å²) in [6.07, 6.45) is 1.27. The number of carboxylic acid groups (broad SMARTS) is 1. The standard InChI is InChI=1S/C13H10N4O4/c18-11-8-3-1-2-4-10(8)17(12(11)19)6-5-16-7-9(13(20)21)14-15-16/h1-4,7H,5-6H2,(H,20,21). The van der Waals surface area contributed by atoms with Gasteiger partial charge in [-0.05, 0) is 12.1 Å². The van der Waals surface area contributed by atoms with Crippen molar-refractivity contribution in [3.05, 3.63) is 41.7 Å². The van der Waals surface area contributed by atoms with Crippen LogP contribution in [0.25, 0.3) is 0 Å². The van der Waals surface area contributed by atoms with Gasteiger partial charge in [-0.1, -0.05) is 17.3 Å². The van der Waals surface area contributed by atoms with Crippen molar-refractivity contribution in [3.8, 4) is 0 Å². The second kappa shape index (κ2) is 4.82. The minimum atomic E-state index is -1.17. The maximum absolute atomic E-state index is 11.9. The lowest BCUT2D eigenvalue weighted by Crippen LogP contribution is -2.32. The number of hydrogen-bond acceptors (Lipinski definition) is 5. The van der Waals surface area contributed by atoms with E-state index >= 15 is 0 Å². The molecule has 0 aliphatic carbocycles. The van der Waals surface area contributed by atoms with Gasteiger partial charge in [-0.25, -0.2) is 9.48 Å². The van der Waals surface area contributed by atoms with Crippen molar-refractivity contribution in [3.63, 3.8) is 0 Å². The molecular formula is C13H10N4O4. The van der Waals surface area contributed by atoms with Crippen LogP contribution in [0.1, 0.15) is 20.8 Å². The fourth-order valence-corrected chi connectivity index (χ4v) is 2.18. The van der Waals surface area contributed by atoms with Crippen LogP contribution in [-0.2, 0) is 11.3 Å². The number of carbonyl (C=O) groups excluding carboxylic acids is 2. The van der Waals surface area contributed by atoms with Gasteiger partial charge in [0.25, 0.3) is 11.7 Å². The fraction of sp³-hybridized carbons (Fsp3) is 0.154. The highest BCUT2D eigenvalue weighted by atomic mass is 16.4. The Kier molecular flexibility index (Phi) is 2.98. The number of aromatic nitrogens is 3. The number of anilines is 1. The van der Waals surface area contributed by atoms with E-state index in [1.54, 1.807) is 24.3 Å². The average Bonchev–Trinajstić information content (AvgIpc) is 3.04. The summed E-state index contributed by atoms with van der Waals surface area (Å²) in [5, 5.41) is 15.9. The number of carbonyl (C=O) groups is 3. The molecule has 1 aromatic carbocycles. The maximum Gasteiger partial charge on any atom is 0.358 e. The molecule has 0 unspecified atom stereocenters. The molecule has 2 heterocycles. The number of para-hydroxylation sites is 1. The molecule has 0 atom stereocenters. The average molecular weight is 286 g/mol. The summed E-state index contributed by atoms with van der Waals surface area (Å²) >= 11 is 0. The summed E-state index contributed by atoms with van der Waals surface area (Å²) in [5.74, 6) is -2.29. The van der Waals surface area contributed by atoms with Gasteiger partial charge in [-0.3, -0.25) is 9.59 Å². The van der Waals surface area contributed by atoms with Crippen LogP contribution in [0.2, 0.25) is 0 Å². The molecular weight excluding hydrogens is 276 g/mol. The van der Waals surface area contributed by atoms with E-state index in [4.69, 9.17) is 5.11 Å². The van der Waals surface area contributed by atoms with Crippen LogP contribution in [0.4, 0.5) is 5.69 Å². The molecule has 0 saturated carbocycles. The Morgan fingerprint density at radius 3 is 2.67 bits per heavy atom. The third-order valence-electron chi connectivity index (χ3n) is 3.19. The Morgan fingerprint density at radius 2 is 1.95 bits per heavy atom. The zero-order valence-corrected chi connectivity index (χ0v) is 10.8. The SMILES string of the molecule is O=C(O)c1cn(CCN2C(=O)C(=O)c3ccccc32)nn1. The zero-order chi connectivity index (χ0) is 15.0. The normalized spacial score (nSPS) is 13.6. The number of hydrogen-bond donors (Lipinski definition) is 1. The molecule has 0 bridgehead atoms. The second-order valence-corrected chi connectivity index (χ2v) is 4.48. The van der Waals surface area contributed by atoms with E-state index < -0.39 is 17.7 Å². The Bertz CT molecular complexity index is 752. The van der Waals surface area contributed by atoms with Crippen molar-refractivity contribution in [1.29, 1.82) is 0 Å². The van der Waals surface area contributed by atoms with Gasteiger partial charge in [0.1, 0.15) is 0 Å². The van der Waals surface area contributed by atoms with E-state index in [2.05, 4.69) is 10.3 Å². The van der Waals surface area contributed by atoms with Gasteiger partial charge in [0, 0.05) is 6.54 Å². The van der Waals surface area contributed by atoms with E-state index in [1.807, 2.05) is 0 Å². The van der Waals surface area contributed by atoms with Crippen molar-refractivity contribution < 1.29 is 19.5 Å². The van der Waals surface area contributed by atoms with E-state index in [0.29, 0.717) is 11.3 Å². The molecule has 0 radical (unpaired) electrons. The Labute approximate surface area is 118 Å². The summed E-state index contributed by atoms with van der Waals surface area (Å²) in [4.78, 5) is 35.8. The zero-order valence-electron chi connectivity index (χ0n) is 10.8.